The molecule has 3 aromatic rings. The minimum atomic E-state index is -0.0393. The molecule has 2 aromatic carbocycles. The molecule has 3 rings (SSSR count). The fraction of sp³-hybridized carbons (Fsp3) is 0.250. The van der Waals surface area contributed by atoms with E-state index < -0.39 is 0 Å². The average Bonchev–Trinajstić information content (AvgIpc) is 3.06. The minimum absolute atomic E-state index is 0.0393. The number of aromatic nitrogens is 3. The van der Waals surface area contributed by atoms with Gasteiger partial charge in [-0.05, 0) is 43.7 Å². The molecule has 27 heavy (non-hydrogen) atoms. The van der Waals surface area contributed by atoms with E-state index in [0.29, 0.717) is 11.7 Å². The van der Waals surface area contributed by atoms with Gasteiger partial charge in [-0.3, -0.25) is 9.36 Å². The normalized spacial score (nSPS) is 10.6. The molecule has 0 bridgehead atoms. The summed E-state index contributed by atoms with van der Waals surface area (Å²) in [4.78, 5) is 12.2. The smallest absolute Gasteiger partial charge is 0.230 e. The Kier molecular flexibility index (Phi) is 6.13. The highest BCUT2D eigenvalue weighted by atomic mass is 32.2. The lowest BCUT2D eigenvalue weighted by Crippen LogP contribution is -2.24. The van der Waals surface area contributed by atoms with Gasteiger partial charge in [0.1, 0.15) is 11.6 Å². The van der Waals surface area contributed by atoms with Crippen molar-refractivity contribution in [2.75, 3.05) is 12.9 Å². The van der Waals surface area contributed by atoms with E-state index in [1.165, 1.54) is 17.3 Å². The van der Waals surface area contributed by atoms with Crippen molar-refractivity contribution in [1.82, 2.24) is 20.1 Å². The number of carbonyl (C=O) groups excluding carboxylic acids is 1. The molecule has 0 spiro atoms. The number of thioether (sulfide) groups is 1. The van der Waals surface area contributed by atoms with E-state index in [2.05, 4.69) is 15.5 Å². The highest BCUT2D eigenvalue weighted by Crippen LogP contribution is 2.23. The van der Waals surface area contributed by atoms with Crippen LogP contribution in [0.4, 0.5) is 0 Å². The van der Waals surface area contributed by atoms with Crippen LogP contribution in [-0.2, 0) is 11.3 Å². The van der Waals surface area contributed by atoms with Crippen molar-refractivity contribution in [3.05, 3.63) is 65.5 Å². The first kappa shape index (κ1) is 19.0. The molecule has 1 aromatic heterocycles. The van der Waals surface area contributed by atoms with E-state index in [4.69, 9.17) is 4.74 Å². The second-order valence-electron chi connectivity index (χ2n) is 6.11. The van der Waals surface area contributed by atoms with Gasteiger partial charge in [-0.1, -0.05) is 41.6 Å². The van der Waals surface area contributed by atoms with E-state index >= 15 is 0 Å². The quantitative estimate of drug-likeness (QED) is 0.635. The lowest BCUT2D eigenvalue weighted by molar-refractivity contribution is -0.118. The maximum atomic E-state index is 12.2. The monoisotopic (exact) mass is 382 g/mol. The fourth-order valence-corrected chi connectivity index (χ4v) is 3.38. The van der Waals surface area contributed by atoms with Crippen LogP contribution in [0.5, 0.6) is 5.75 Å². The Morgan fingerprint density at radius 1 is 1.07 bits per heavy atom. The Morgan fingerprint density at radius 2 is 1.78 bits per heavy atom. The molecule has 1 heterocycles. The van der Waals surface area contributed by atoms with Gasteiger partial charge in [-0.25, -0.2) is 0 Å². The summed E-state index contributed by atoms with van der Waals surface area (Å²) < 4.78 is 7.13. The van der Waals surface area contributed by atoms with Gasteiger partial charge < -0.3 is 10.1 Å². The van der Waals surface area contributed by atoms with Gasteiger partial charge in [-0.15, -0.1) is 10.2 Å². The Balaban J connectivity index is 1.60. The van der Waals surface area contributed by atoms with Crippen molar-refractivity contribution >= 4 is 17.7 Å². The number of nitrogens with zero attached hydrogens (tertiary/aromatic N) is 3. The third kappa shape index (κ3) is 4.89. The van der Waals surface area contributed by atoms with Crippen LogP contribution in [-0.4, -0.2) is 33.5 Å². The first-order valence-electron chi connectivity index (χ1n) is 8.58. The van der Waals surface area contributed by atoms with Crippen molar-refractivity contribution in [3.8, 4) is 11.4 Å². The molecular weight excluding hydrogens is 360 g/mol. The summed E-state index contributed by atoms with van der Waals surface area (Å²) in [7, 11) is 1.63. The highest BCUT2D eigenvalue weighted by Gasteiger charge is 2.13. The van der Waals surface area contributed by atoms with E-state index in [-0.39, 0.29) is 11.7 Å². The largest absolute Gasteiger partial charge is 0.497 e. The van der Waals surface area contributed by atoms with Gasteiger partial charge in [0, 0.05) is 12.2 Å². The van der Waals surface area contributed by atoms with Gasteiger partial charge in [0.05, 0.1) is 12.9 Å². The molecule has 0 aliphatic heterocycles. The lowest BCUT2D eigenvalue weighted by atomic mass is 10.1. The van der Waals surface area contributed by atoms with Crippen molar-refractivity contribution in [2.24, 2.45) is 0 Å². The Bertz CT molecular complexity index is 905. The lowest BCUT2D eigenvalue weighted by Gasteiger charge is -2.09. The van der Waals surface area contributed by atoms with E-state index in [9.17, 15) is 4.79 Å². The van der Waals surface area contributed by atoms with Gasteiger partial charge in [0.2, 0.25) is 5.91 Å². The van der Waals surface area contributed by atoms with Gasteiger partial charge in [0.25, 0.3) is 0 Å². The van der Waals surface area contributed by atoms with Crippen LogP contribution in [0.1, 0.15) is 17.0 Å². The zero-order valence-electron chi connectivity index (χ0n) is 15.6. The molecule has 0 saturated carbocycles. The molecule has 1 amide bonds. The zero-order valence-corrected chi connectivity index (χ0v) is 16.4. The van der Waals surface area contributed by atoms with Crippen LogP contribution in [0, 0.1) is 13.8 Å². The molecule has 140 valence electrons. The number of ether oxygens (including phenoxy) is 1. The second-order valence-corrected chi connectivity index (χ2v) is 7.06. The van der Waals surface area contributed by atoms with E-state index in [1.807, 2.05) is 66.9 Å². The molecule has 0 saturated heterocycles. The molecule has 6 nitrogen and oxygen atoms in total. The SMILES string of the molecule is COc1ccc(-n2c(C)nnc2SCC(=O)NCc2ccc(C)cc2)cc1. The van der Waals surface area contributed by atoms with Crippen molar-refractivity contribution in [1.29, 1.82) is 0 Å². The fourth-order valence-electron chi connectivity index (χ4n) is 2.55. The maximum absolute atomic E-state index is 12.2. The molecule has 0 aliphatic rings. The predicted octanol–water partition coefficient (Wildman–Crippen LogP) is 3.30. The summed E-state index contributed by atoms with van der Waals surface area (Å²) in [6.07, 6.45) is 0. The maximum Gasteiger partial charge on any atom is 0.230 e. The summed E-state index contributed by atoms with van der Waals surface area (Å²) in [5.41, 5.74) is 3.21. The highest BCUT2D eigenvalue weighted by molar-refractivity contribution is 7.99. The molecule has 7 heteroatoms. The van der Waals surface area contributed by atoms with Crippen LogP contribution in [0.2, 0.25) is 0 Å². The van der Waals surface area contributed by atoms with Crippen molar-refractivity contribution in [2.45, 2.75) is 25.5 Å². The van der Waals surface area contributed by atoms with Gasteiger partial charge in [0.15, 0.2) is 5.16 Å². The third-order valence-corrected chi connectivity index (χ3v) is 5.00. The van der Waals surface area contributed by atoms with Crippen LogP contribution in [0.15, 0.2) is 53.7 Å². The summed E-state index contributed by atoms with van der Waals surface area (Å²) in [5.74, 6) is 1.79. The average molecular weight is 382 g/mol. The molecule has 0 unspecified atom stereocenters. The number of benzene rings is 2. The minimum Gasteiger partial charge on any atom is -0.497 e. The van der Waals surface area contributed by atoms with Crippen LogP contribution >= 0.6 is 11.8 Å². The van der Waals surface area contributed by atoms with E-state index in [0.717, 1.165) is 22.8 Å². The molecule has 0 radical (unpaired) electrons. The molecule has 1 N–H and O–H groups in total. The molecule has 0 fully saturated rings. The number of nitrogens with one attached hydrogen (secondary N) is 1. The topological polar surface area (TPSA) is 69.0 Å². The number of carbonyl (C=O) groups is 1. The molecule has 0 atom stereocenters. The van der Waals surface area contributed by atoms with Gasteiger partial charge in [-0.2, -0.15) is 0 Å². The third-order valence-electron chi connectivity index (χ3n) is 4.07. The number of aryl methyl sites for hydroxylation is 2. The predicted molar refractivity (Wildman–Crippen MR) is 106 cm³/mol. The number of rotatable bonds is 7. The first-order valence-corrected chi connectivity index (χ1v) is 9.57. The number of methoxy groups -OCH3 is 1. The number of hydrogen-bond acceptors (Lipinski definition) is 5. The standard InChI is InChI=1S/C20H22N4O2S/c1-14-4-6-16(7-5-14)12-21-19(25)13-27-20-23-22-15(2)24(20)17-8-10-18(26-3)11-9-17/h4-11H,12-13H2,1-3H3,(H,21,25). The summed E-state index contributed by atoms with van der Waals surface area (Å²) >= 11 is 1.36. The van der Waals surface area contributed by atoms with Gasteiger partial charge >= 0.3 is 0 Å². The Morgan fingerprint density at radius 3 is 2.44 bits per heavy atom. The van der Waals surface area contributed by atoms with Crippen LogP contribution in [0.3, 0.4) is 0 Å². The van der Waals surface area contributed by atoms with E-state index in [1.54, 1.807) is 7.11 Å². The summed E-state index contributed by atoms with van der Waals surface area (Å²) in [6, 6.07) is 15.8. The number of amides is 1. The number of hydrogen-bond donors (Lipinski definition) is 1. The Labute approximate surface area is 163 Å². The molecule has 0 aliphatic carbocycles. The van der Waals surface area contributed by atoms with Crippen molar-refractivity contribution < 1.29 is 9.53 Å². The second kappa shape index (κ2) is 8.73. The zero-order chi connectivity index (χ0) is 19.2. The summed E-state index contributed by atoms with van der Waals surface area (Å²) in [6.45, 7) is 4.45. The van der Waals surface area contributed by atoms with Crippen LogP contribution in [0.25, 0.3) is 5.69 Å². The van der Waals surface area contributed by atoms with Crippen LogP contribution < -0.4 is 10.1 Å². The molecular formula is C20H22N4O2S. The summed E-state index contributed by atoms with van der Waals surface area (Å²) in [5, 5.41) is 12.0. The van der Waals surface area contributed by atoms with Crippen molar-refractivity contribution in [3.63, 3.8) is 0 Å². The first-order chi connectivity index (χ1) is 13.1. The Hall–Kier alpha value is -2.80.